The number of nitrogens with zero attached hydrogens (tertiary/aromatic N) is 3. The predicted octanol–water partition coefficient (Wildman–Crippen LogP) is 2.21. The third-order valence-corrected chi connectivity index (χ3v) is 4.43. The van der Waals surface area contributed by atoms with Gasteiger partial charge in [-0.3, -0.25) is 0 Å². The van der Waals surface area contributed by atoms with Gasteiger partial charge in [-0.2, -0.15) is 11.8 Å². The SMILES string of the molecule is CC(C)c1nnc(N2CCSCC2)s1. The number of rotatable bonds is 2. The number of hydrogen-bond acceptors (Lipinski definition) is 5. The van der Waals surface area contributed by atoms with Gasteiger partial charge in [0, 0.05) is 30.5 Å². The van der Waals surface area contributed by atoms with Gasteiger partial charge in [-0.05, 0) is 0 Å². The molecule has 1 saturated heterocycles. The van der Waals surface area contributed by atoms with Gasteiger partial charge < -0.3 is 4.90 Å². The second-order valence-corrected chi connectivity index (χ2v) is 5.89. The second kappa shape index (κ2) is 4.49. The van der Waals surface area contributed by atoms with Gasteiger partial charge in [0.05, 0.1) is 0 Å². The Kier molecular flexibility index (Phi) is 3.28. The van der Waals surface area contributed by atoms with E-state index in [1.165, 1.54) is 11.5 Å². The van der Waals surface area contributed by atoms with Crippen LogP contribution in [0.2, 0.25) is 0 Å². The van der Waals surface area contributed by atoms with Crippen molar-refractivity contribution in [2.45, 2.75) is 19.8 Å². The number of hydrogen-bond donors (Lipinski definition) is 0. The first-order chi connectivity index (χ1) is 6.77. The summed E-state index contributed by atoms with van der Waals surface area (Å²) in [5, 5.41) is 10.7. The summed E-state index contributed by atoms with van der Waals surface area (Å²) in [7, 11) is 0. The van der Waals surface area contributed by atoms with Crippen LogP contribution >= 0.6 is 23.1 Å². The smallest absolute Gasteiger partial charge is 0.208 e. The lowest BCUT2D eigenvalue weighted by Gasteiger charge is -2.24. The molecule has 3 nitrogen and oxygen atoms in total. The first-order valence-corrected chi connectivity index (χ1v) is 6.90. The second-order valence-electron chi connectivity index (χ2n) is 3.68. The fourth-order valence-electron chi connectivity index (χ4n) is 1.34. The van der Waals surface area contributed by atoms with Crippen molar-refractivity contribution in [1.29, 1.82) is 0 Å². The fourth-order valence-corrected chi connectivity index (χ4v) is 3.14. The first kappa shape index (κ1) is 10.2. The lowest BCUT2D eigenvalue weighted by Crippen LogP contribution is -2.32. The van der Waals surface area contributed by atoms with E-state index in [0.717, 1.165) is 23.2 Å². The molecule has 1 aromatic rings. The molecule has 5 heteroatoms. The van der Waals surface area contributed by atoms with E-state index in [1.807, 2.05) is 11.8 Å². The molecule has 0 aliphatic carbocycles. The van der Waals surface area contributed by atoms with E-state index < -0.39 is 0 Å². The summed E-state index contributed by atoms with van der Waals surface area (Å²) in [5.41, 5.74) is 0. The Hall–Kier alpha value is -0.290. The zero-order valence-corrected chi connectivity index (χ0v) is 10.2. The molecule has 0 aromatic carbocycles. The van der Waals surface area contributed by atoms with Crippen LogP contribution in [0.4, 0.5) is 5.13 Å². The van der Waals surface area contributed by atoms with Gasteiger partial charge in [0.25, 0.3) is 0 Å². The minimum Gasteiger partial charge on any atom is -0.345 e. The van der Waals surface area contributed by atoms with Crippen LogP contribution < -0.4 is 4.90 Å². The molecule has 1 fully saturated rings. The van der Waals surface area contributed by atoms with Crippen LogP contribution in [0.15, 0.2) is 0 Å². The Morgan fingerprint density at radius 1 is 1.21 bits per heavy atom. The minimum atomic E-state index is 0.500. The molecule has 1 aliphatic rings. The molecule has 0 unspecified atom stereocenters. The standard InChI is InChI=1S/C9H15N3S2/c1-7(2)8-10-11-9(14-8)12-3-5-13-6-4-12/h7H,3-6H2,1-2H3. The molecule has 2 heterocycles. The van der Waals surface area contributed by atoms with E-state index in [4.69, 9.17) is 0 Å². The summed E-state index contributed by atoms with van der Waals surface area (Å²) in [6.45, 7) is 6.57. The van der Waals surface area contributed by atoms with Crippen LogP contribution in [0.5, 0.6) is 0 Å². The largest absolute Gasteiger partial charge is 0.345 e. The maximum Gasteiger partial charge on any atom is 0.208 e. The average Bonchev–Trinajstić information content (AvgIpc) is 2.68. The van der Waals surface area contributed by atoms with Crippen LogP contribution in [0.3, 0.4) is 0 Å². The minimum absolute atomic E-state index is 0.500. The Morgan fingerprint density at radius 2 is 1.93 bits per heavy atom. The van der Waals surface area contributed by atoms with Gasteiger partial charge in [0.1, 0.15) is 5.01 Å². The molecule has 0 bridgehead atoms. The molecule has 2 rings (SSSR count). The molecular weight excluding hydrogens is 214 g/mol. The lowest BCUT2D eigenvalue weighted by molar-refractivity contribution is 0.807. The van der Waals surface area contributed by atoms with Crippen molar-refractivity contribution in [2.75, 3.05) is 29.5 Å². The molecule has 1 aliphatic heterocycles. The highest BCUT2D eigenvalue weighted by atomic mass is 32.2. The number of aromatic nitrogens is 2. The Balaban J connectivity index is 2.07. The third kappa shape index (κ3) is 2.20. The average molecular weight is 229 g/mol. The predicted molar refractivity (Wildman–Crippen MR) is 63.5 cm³/mol. The zero-order chi connectivity index (χ0) is 9.97. The van der Waals surface area contributed by atoms with Crippen molar-refractivity contribution in [3.63, 3.8) is 0 Å². The highest BCUT2D eigenvalue weighted by Gasteiger charge is 2.16. The monoisotopic (exact) mass is 229 g/mol. The number of thioether (sulfide) groups is 1. The molecule has 0 amide bonds. The quantitative estimate of drug-likeness (QED) is 0.777. The maximum absolute atomic E-state index is 4.25. The molecular formula is C9H15N3S2. The Bertz CT molecular complexity index is 292. The van der Waals surface area contributed by atoms with Crippen LogP contribution in [0, 0.1) is 0 Å². The lowest BCUT2D eigenvalue weighted by atomic mass is 10.2. The summed E-state index contributed by atoms with van der Waals surface area (Å²) >= 11 is 3.76. The summed E-state index contributed by atoms with van der Waals surface area (Å²) < 4.78 is 0. The summed E-state index contributed by atoms with van der Waals surface area (Å²) in [4.78, 5) is 2.35. The van der Waals surface area contributed by atoms with E-state index in [9.17, 15) is 0 Å². The zero-order valence-electron chi connectivity index (χ0n) is 8.56. The molecule has 0 N–H and O–H groups in total. The van der Waals surface area contributed by atoms with Crippen LogP contribution in [-0.2, 0) is 0 Å². The summed E-state index contributed by atoms with van der Waals surface area (Å²) in [5.74, 6) is 2.94. The van der Waals surface area contributed by atoms with E-state index in [2.05, 4.69) is 28.9 Å². The van der Waals surface area contributed by atoms with Gasteiger partial charge in [-0.15, -0.1) is 10.2 Å². The van der Waals surface area contributed by atoms with Crippen LogP contribution in [0.1, 0.15) is 24.8 Å². The van der Waals surface area contributed by atoms with Crippen molar-refractivity contribution >= 4 is 28.2 Å². The van der Waals surface area contributed by atoms with E-state index >= 15 is 0 Å². The van der Waals surface area contributed by atoms with Gasteiger partial charge in [0.15, 0.2) is 0 Å². The van der Waals surface area contributed by atoms with E-state index in [0.29, 0.717) is 5.92 Å². The normalized spacial score (nSPS) is 17.8. The number of anilines is 1. The summed E-state index contributed by atoms with van der Waals surface area (Å²) in [6, 6.07) is 0. The Morgan fingerprint density at radius 3 is 2.50 bits per heavy atom. The highest BCUT2D eigenvalue weighted by Crippen LogP contribution is 2.27. The van der Waals surface area contributed by atoms with Gasteiger partial charge in [-0.1, -0.05) is 25.2 Å². The molecule has 0 atom stereocenters. The molecule has 1 aromatic heterocycles. The van der Waals surface area contributed by atoms with E-state index in [1.54, 1.807) is 11.3 Å². The van der Waals surface area contributed by atoms with Crippen molar-refractivity contribution in [2.24, 2.45) is 0 Å². The van der Waals surface area contributed by atoms with Gasteiger partial charge in [0.2, 0.25) is 5.13 Å². The van der Waals surface area contributed by atoms with Crippen molar-refractivity contribution < 1.29 is 0 Å². The summed E-state index contributed by atoms with van der Waals surface area (Å²) in [6.07, 6.45) is 0. The topological polar surface area (TPSA) is 29.0 Å². The van der Waals surface area contributed by atoms with Gasteiger partial charge in [-0.25, -0.2) is 0 Å². The van der Waals surface area contributed by atoms with Crippen molar-refractivity contribution in [3.8, 4) is 0 Å². The molecule has 78 valence electrons. The maximum atomic E-state index is 4.25. The van der Waals surface area contributed by atoms with Gasteiger partial charge >= 0.3 is 0 Å². The highest BCUT2D eigenvalue weighted by molar-refractivity contribution is 7.99. The Labute approximate surface area is 92.9 Å². The third-order valence-electron chi connectivity index (χ3n) is 2.21. The van der Waals surface area contributed by atoms with Crippen LogP contribution in [-0.4, -0.2) is 34.8 Å². The first-order valence-electron chi connectivity index (χ1n) is 4.93. The van der Waals surface area contributed by atoms with Crippen molar-refractivity contribution in [3.05, 3.63) is 5.01 Å². The van der Waals surface area contributed by atoms with Crippen LogP contribution in [0.25, 0.3) is 0 Å². The molecule has 0 saturated carbocycles. The molecule has 14 heavy (non-hydrogen) atoms. The van der Waals surface area contributed by atoms with E-state index in [-0.39, 0.29) is 0 Å². The molecule has 0 spiro atoms. The van der Waals surface area contributed by atoms with Crippen molar-refractivity contribution in [1.82, 2.24) is 10.2 Å². The molecule has 0 radical (unpaired) electrons. The fraction of sp³-hybridized carbons (Fsp3) is 0.778.